The predicted molar refractivity (Wildman–Crippen MR) is 104 cm³/mol. The lowest BCUT2D eigenvalue weighted by Gasteiger charge is -2.57. The Morgan fingerprint density at radius 2 is 1.93 bits per heavy atom. The van der Waals surface area contributed by atoms with Crippen LogP contribution in [0.25, 0.3) is 0 Å². The molecule has 1 spiro atoms. The van der Waals surface area contributed by atoms with Crippen molar-refractivity contribution in [3.63, 3.8) is 0 Å². The third-order valence-electron chi connectivity index (χ3n) is 7.20. The van der Waals surface area contributed by atoms with E-state index in [9.17, 15) is 24.9 Å². The molecule has 4 aliphatic heterocycles. The Balaban J connectivity index is 1.57. The Morgan fingerprint density at radius 1 is 1.14 bits per heavy atom. The molecule has 0 aromatic rings. The number of fused-ring (bicyclic) bond motifs is 4. The van der Waals surface area contributed by atoms with E-state index in [1.807, 2.05) is 6.08 Å². The van der Waals surface area contributed by atoms with Crippen molar-refractivity contribution in [3.05, 3.63) is 36.0 Å². The van der Waals surface area contributed by atoms with Crippen LogP contribution in [-0.2, 0) is 9.59 Å². The maximum absolute atomic E-state index is 14.0. The van der Waals surface area contributed by atoms with Gasteiger partial charge in [0, 0.05) is 12.8 Å². The molecule has 4 saturated heterocycles. The zero-order valence-electron chi connectivity index (χ0n) is 15.1. The van der Waals surface area contributed by atoms with E-state index < -0.39 is 39.6 Å². The summed E-state index contributed by atoms with van der Waals surface area (Å²) in [6.07, 6.45) is 9.00. The molecule has 7 nitrogen and oxygen atoms in total. The number of piperazine rings is 1. The molecule has 6 rings (SSSR count). The SMILES string of the molecule is CS[C@@]12CC3=CC=C[C@H](O)[C@H]3N1C(=O)[C@]13C[C@@]4(O)[C@H](C=C[C@H](O)[C@H]4N1C2=O)S3. The molecule has 8 atom stereocenters. The van der Waals surface area contributed by atoms with E-state index in [4.69, 9.17) is 0 Å². The van der Waals surface area contributed by atoms with Crippen molar-refractivity contribution in [2.75, 3.05) is 6.26 Å². The van der Waals surface area contributed by atoms with E-state index >= 15 is 0 Å². The lowest BCUT2D eigenvalue weighted by Crippen LogP contribution is -2.76. The zero-order valence-corrected chi connectivity index (χ0v) is 16.7. The molecular formula is C19H20N2O5S2. The molecule has 0 unspecified atom stereocenters. The first-order valence-corrected chi connectivity index (χ1v) is 11.5. The number of carbonyl (C=O) groups is 2. The monoisotopic (exact) mass is 420 g/mol. The van der Waals surface area contributed by atoms with Crippen LogP contribution in [0.5, 0.6) is 0 Å². The minimum Gasteiger partial charge on any atom is -0.387 e. The Kier molecular flexibility index (Phi) is 3.18. The lowest BCUT2D eigenvalue weighted by molar-refractivity contribution is -0.170. The molecule has 9 heteroatoms. The Labute approximate surface area is 170 Å². The van der Waals surface area contributed by atoms with Gasteiger partial charge >= 0.3 is 0 Å². The Bertz CT molecular complexity index is 920. The van der Waals surface area contributed by atoms with Crippen molar-refractivity contribution < 1.29 is 24.9 Å². The van der Waals surface area contributed by atoms with Gasteiger partial charge in [0.1, 0.15) is 5.60 Å². The zero-order chi connectivity index (χ0) is 19.6. The summed E-state index contributed by atoms with van der Waals surface area (Å²) >= 11 is 2.59. The number of aliphatic hydroxyl groups is 3. The van der Waals surface area contributed by atoms with Crippen LogP contribution in [0.3, 0.4) is 0 Å². The number of rotatable bonds is 1. The smallest absolute Gasteiger partial charge is 0.261 e. The largest absolute Gasteiger partial charge is 0.387 e. The van der Waals surface area contributed by atoms with Crippen molar-refractivity contribution in [1.29, 1.82) is 0 Å². The summed E-state index contributed by atoms with van der Waals surface area (Å²) < 4.78 is 0. The van der Waals surface area contributed by atoms with Crippen LogP contribution in [0, 0.1) is 0 Å². The van der Waals surface area contributed by atoms with E-state index in [1.165, 1.54) is 28.4 Å². The minimum atomic E-state index is -1.33. The molecule has 0 aromatic heterocycles. The summed E-state index contributed by atoms with van der Waals surface area (Å²) in [4.78, 5) is 28.6. The fourth-order valence-electron chi connectivity index (χ4n) is 6.08. The maximum Gasteiger partial charge on any atom is 0.261 e. The fraction of sp³-hybridized carbons (Fsp3) is 0.579. The van der Waals surface area contributed by atoms with Crippen molar-refractivity contribution >= 4 is 35.3 Å². The number of carbonyl (C=O) groups excluding carboxylic acids is 2. The molecule has 28 heavy (non-hydrogen) atoms. The van der Waals surface area contributed by atoms with Gasteiger partial charge in [0.05, 0.1) is 29.5 Å². The van der Waals surface area contributed by atoms with Gasteiger partial charge in [0.15, 0.2) is 9.74 Å². The number of amides is 2. The van der Waals surface area contributed by atoms with E-state index in [-0.39, 0.29) is 23.5 Å². The molecule has 2 bridgehead atoms. The molecule has 0 aromatic carbocycles. The summed E-state index contributed by atoms with van der Waals surface area (Å²) in [5, 5.41) is 32.3. The van der Waals surface area contributed by atoms with E-state index in [2.05, 4.69) is 0 Å². The van der Waals surface area contributed by atoms with Gasteiger partial charge in [-0.15, -0.1) is 23.5 Å². The van der Waals surface area contributed by atoms with Crippen molar-refractivity contribution in [2.24, 2.45) is 0 Å². The van der Waals surface area contributed by atoms with Crippen molar-refractivity contribution in [1.82, 2.24) is 9.80 Å². The second kappa shape index (κ2) is 5.07. The van der Waals surface area contributed by atoms with Gasteiger partial charge in [-0.25, -0.2) is 0 Å². The van der Waals surface area contributed by atoms with E-state index in [1.54, 1.807) is 35.5 Å². The number of aliphatic hydroxyl groups excluding tert-OH is 2. The Hall–Kier alpha value is -1.26. The van der Waals surface area contributed by atoms with Gasteiger partial charge in [0.25, 0.3) is 11.8 Å². The molecular weight excluding hydrogens is 400 g/mol. The molecule has 148 valence electrons. The van der Waals surface area contributed by atoms with Crippen molar-refractivity contribution in [3.8, 4) is 0 Å². The number of nitrogens with zero attached hydrogens (tertiary/aromatic N) is 2. The first-order valence-electron chi connectivity index (χ1n) is 9.35. The van der Waals surface area contributed by atoms with Crippen LogP contribution in [0.15, 0.2) is 36.0 Å². The summed E-state index contributed by atoms with van der Waals surface area (Å²) in [6, 6.07) is -1.40. The minimum absolute atomic E-state index is 0.102. The average Bonchev–Trinajstić information content (AvgIpc) is 3.26. The fourth-order valence-corrected chi connectivity index (χ4v) is 8.90. The number of hydrogen-bond donors (Lipinski definition) is 3. The first-order chi connectivity index (χ1) is 13.3. The van der Waals surface area contributed by atoms with Crippen LogP contribution < -0.4 is 0 Å². The van der Waals surface area contributed by atoms with Crippen LogP contribution in [-0.4, -0.2) is 88.1 Å². The third kappa shape index (κ3) is 1.62. The van der Waals surface area contributed by atoms with Crippen LogP contribution in [0.4, 0.5) is 0 Å². The summed E-state index contributed by atoms with van der Waals surface area (Å²) in [6.45, 7) is 0. The van der Waals surface area contributed by atoms with Crippen molar-refractivity contribution in [2.45, 2.75) is 57.7 Å². The standard InChI is InChI=1S/C19H20N2O5S2/c1-27-18-7-9-3-2-4-10(22)13(9)20(18)16(25)19-8-17(26)12(28-19)6-5-11(23)14(17)21(19)15(18)24/h2-6,10-14,22-23,26H,7-8H2,1H3/t10-,11-,12-,13-,14+,17+,18+,19+/m0/s1. The van der Waals surface area contributed by atoms with Crippen LogP contribution in [0.2, 0.25) is 0 Å². The number of allylic oxidation sites excluding steroid dienone is 2. The lowest BCUT2D eigenvalue weighted by atomic mass is 9.82. The van der Waals surface area contributed by atoms with Gasteiger partial charge in [-0.05, 0) is 11.8 Å². The highest BCUT2D eigenvalue weighted by molar-refractivity contribution is 8.02. The van der Waals surface area contributed by atoms with Gasteiger partial charge < -0.3 is 25.1 Å². The third-order valence-corrected chi connectivity index (χ3v) is 10.1. The topological polar surface area (TPSA) is 101 Å². The van der Waals surface area contributed by atoms with Gasteiger partial charge in [-0.2, -0.15) is 0 Å². The quantitative estimate of drug-likeness (QED) is 0.496. The highest BCUT2D eigenvalue weighted by atomic mass is 32.2. The van der Waals surface area contributed by atoms with Gasteiger partial charge in [-0.3, -0.25) is 9.59 Å². The molecule has 2 amide bonds. The molecule has 6 aliphatic rings. The molecule has 0 saturated carbocycles. The second-order valence-corrected chi connectivity index (χ2v) is 10.9. The van der Waals surface area contributed by atoms with E-state index in [0.717, 1.165) is 5.57 Å². The number of thioether (sulfide) groups is 2. The predicted octanol–water partition coefficient (Wildman–Crippen LogP) is -0.408. The highest BCUT2D eigenvalue weighted by Gasteiger charge is 2.81. The molecule has 4 heterocycles. The second-order valence-electron chi connectivity index (χ2n) is 8.39. The summed E-state index contributed by atoms with van der Waals surface area (Å²) in [5.41, 5.74) is -0.462. The number of hydrogen-bond acceptors (Lipinski definition) is 7. The Morgan fingerprint density at radius 3 is 2.68 bits per heavy atom. The maximum atomic E-state index is 14.0. The normalized spacial score (nSPS) is 52.7. The summed E-state index contributed by atoms with van der Waals surface area (Å²) in [7, 11) is 0. The average molecular weight is 421 g/mol. The van der Waals surface area contributed by atoms with Gasteiger partial charge in [0.2, 0.25) is 0 Å². The van der Waals surface area contributed by atoms with Crippen LogP contribution in [0.1, 0.15) is 12.8 Å². The first kappa shape index (κ1) is 17.6. The molecule has 3 N–H and O–H groups in total. The molecule has 4 fully saturated rings. The molecule has 2 aliphatic carbocycles. The van der Waals surface area contributed by atoms with Gasteiger partial charge in [-0.1, -0.05) is 30.4 Å². The molecule has 0 radical (unpaired) electrons. The highest BCUT2D eigenvalue weighted by Crippen LogP contribution is 2.67. The van der Waals surface area contributed by atoms with E-state index in [0.29, 0.717) is 6.42 Å². The van der Waals surface area contributed by atoms with Crippen LogP contribution >= 0.6 is 23.5 Å². The summed E-state index contributed by atoms with van der Waals surface area (Å²) in [5.74, 6) is -0.511.